The molecule has 3 aromatic rings. The second kappa shape index (κ2) is 10.5. The second-order valence-corrected chi connectivity index (χ2v) is 10.6. The Hall–Kier alpha value is -2.68. The van der Waals surface area contributed by atoms with Crippen LogP contribution in [-0.4, -0.2) is 55.0 Å². The molecule has 0 atom stereocenters. The van der Waals surface area contributed by atoms with Crippen LogP contribution in [0.5, 0.6) is 5.75 Å². The number of amides is 1. The van der Waals surface area contributed by atoms with Crippen LogP contribution in [0.15, 0.2) is 36.4 Å². The van der Waals surface area contributed by atoms with E-state index in [9.17, 15) is 4.79 Å². The van der Waals surface area contributed by atoms with E-state index in [1.807, 2.05) is 30.0 Å². The van der Waals surface area contributed by atoms with Crippen molar-refractivity contribution in [1.82, 2.24) is 9.47 Å². The molecule has 7 nitrogen and oxygen atoms in total. The number of hydrogen-bond donors (Lipinski definition) is 2. The van der Waals surface area contributed by atoms with Crippen LogP contribution in [0.4, 0.5) is 11.4 Å². The van der Waals surface area contributed by atoms with Crippen LogP contribution in [0.2, 0.25) is 0 Å². The predicted molar refractivity (Wildman–Crippen MR) is 146 cm³/mol. The lowest BCUT2D eigenvalue weighted by Crippen LogP contribution is -2.35. The Balaban J connectivity index is 1.69. The highest BCUT2D eigenvalue weighted by molar-refractivity contribution is 7.99. The van der Waals surface area contributed by atoms with Crippen LogP contribution in [-0.2, 0) is 23.7 Å². The van der Waals surface area contributed by atoms with E-state index in [0.717, 1.165) is 55.0 Å². The maximum atomic E-state index is 13.6. The van der Waals surface area contributed by atoms with Gasteiger partial charge in [0.2, 0.25) is 0 Å². The van der Waals surface area contributed by atoms with Gasteiger partial charge >= 0.3 is 0 Å². The molecule has 0 aliphatic carbocycles. The lowest BCUT2D eigenvalue weighted by Gasteiger charge is -2.27. The topological polar surface area (TPSA) is 67.8 Å². The van der Waals surface area contributed by atoms with Crippen LogP contribution in [0, 0.1) is 0 Å². The molecule has 1 aliphatic rings. The number of anilines is 2. The first kappa shape index (κ1) is 25.4. The summed E-state index contributed by atoms with van der Waals surface area (Å²) >= 11 is 1.49. The van der Waals surface area contributed by atoms with Gasteiger partial charge in [-0.25, -0.2) is 0 Å². The molecule has 2 N–H and O–H groups in total. The molecule has 0 spiro atoms. The number of para-hydroxylation sites is 1. The van der Waals surface area contributed by atoms with E-state index in [0.29, 0.717) is 17.1 Å². The summed E-state index contributed by atoms with van der Waals surface area (Å²) in [5, 5.41) is 4.19. The summed E-state index contributed by atoms with van der Waals surface area (Å²) in [6.07, 6.45) is 1.96. The van der Waals surface area contributed by atoms with Gasteiger partial charge < -0.3 is 24.1 Å². The Kier molecular flexibility index (Phi) is 7.64. The third-order valence-corrected chi connectivity index (χ3v) is 6.91. The fraction of sp³-hybridized carbons (Fsp3) is 0.444. The van der Waals surface area contributed by atoms with Crippen molar-refractivity contribution in [3.8, 4) is 5.75 Å². The number of carbonyl (C=O) groups is 1. The van der Waals surface area contributed by atoms with Crippen molar-refractivity contribution in [2.75, 3.05) is 49.7 Å². The number of carbonyl (C=O) groups excluding carboxylic acids is 1. The minimum Gasteiger partial charge on any atom is -0.492 e. The van der Waals surface area contributed by atoms with E-state index in [1.54, 1.807) is 7.11 Å². The zero-order chi connectivity index (χ0) is 25.2. The number of rotatable bonds is 7. The minimum absolute atomic E-state index is 0.0887. The van der Waals surface area contributed by atoms with Gasteiger partial charge in [-0.1, -0.05) is 50.9 Å². The molecule has 2 heterocycles. The number of benzene rings is 2. The van der Waals surface area contributed by atoms with Crippen LogP contribution in [0.1, 0.15) is 42.4 Å². The average molecular weight is 497 g/mol. The number of fused-ring (bicyclic) bond motifs is 1. The summed E-state index contributed by atoms with van der Waals surface area (Å²) in [5.41, 5.74) is 5.42. The van der Waals surface area contributed by atoms with E-state index in [1.165, 1.54) is 17.5 Å². The predicted octanol–water partition coefficient (Wildman–Crippen LogP) is 5.26. The summed E-state index contributed by atoms with van der Waals surface area (Å²) in [4.78, 5) is 16.0. The summed E-state index contributed by atoms with van der Waals surface area (Å²) in [6.45, 7) is 10.7. The zero-order valence-corrected chi connectivity index (χ0v) is 22.3. The molecule has 1 aliphatic heterocycles. The first-order valence-electron chi connectivity index (χ1n) is 11.9. The van der Waals surface area contributed by atoms with Crippen molar-refractivity contribution in [3.05, 3.63) is 53.2 Å². The van der Waals surface area contributed by atoms with Gasteiger partial charge in [-0.15, -0.1) is 0 Å². The van der Waals surface area contributed by atoms with Crippen molar-refractivity contribution in [3.63, 3.8) is 0 Å². The van der Waals surface area contributed by atoms with Gasteiger partial charge in [0.25, 0.3) is 5.91 Å². The van der Waals surface area contributed by atoms with Crippen molar-refractivity contribution < 1.29 is 14.3 Å². The number of ether oxygens (including phenoxy) is 2. The zero-order valence-electron chi connectivity index (χ0n) is 21.5. The Morgan fingerprint density at radius 2 is 1.86 bits per heavy atom. The summed E-state index contributed by atoms with van der Waals surface area (Å²) in [7, 11) is 3.59. The monoisotopic (exact) mass is 496 g/mol. The van der Waals surface area contributed by atoms with Crippen LogP contribution in [0.25, 0.3) is 10.9 Å². The third-order valence-electron chi connectivity index (χ3n) is 6.49. The molecule has 4 rings (SSSR count). The lowest BCUT2D eigenvalue weighted by atomic mass is 9.86. The highest BCUT2D eigenvalue weighted by Crippen LogP contribution is 2.40. The number of methoxy groups -OCH3 is 1. The molecule has 8 heteroatoms. The number of hydrogen-bond acceptors (Lipinski definition) is 6. The Labute approximate surface area is 212 Å². The summed E-state index contributed by atoms with van der Waals surface area (Å²) in [5.74, 6) is 0.452. The second-order valence-electron chi connectivity index (χ2n) is 9.95. The fourth-order valence-corrected chi connectivity index (χ4v) is 4.97. The SMILES string of the molecule is COc1c(NSC)cc(C(C)(C)C)cc1NC(=O)c1cc2cccc(CN3CCOCC3)c2n1C. The Morgan fingerprint density at radius 3 is 2.51 bits per heavy atom. The molecule has 0 radical (unpaired) electrons. The van der Waals surface area contributed by atoms with Crippen molar-refractivity contribution >= 4 is 40.1 Å². The lowest BCUT2D eigenvalue weighted by molar-refractivity contribution is 0.0343. The highest BCUT2D eigenvalue weighted by Gasteiger charge is 2.23. The minimum atomic E-state index is -0.166. The van der Waals surface area contributed by atoms with Gasteiger partial charge in [-0.2, -0.15) is 0 Å². The molecule has 0 saturated carbocycles. The number of nitrogens with zero attached hydrogens (tertiary/aromatic N) is 2. The largest absolute Gasteiger partial charge is 0.492 e. The molecule has 0 bridgehead atoms. The van der Waals surface area contributed by atoms with E-state index >= 15 is 0 Å². The molecule has 35 heavy (non-hydrogen) atoms. The van der Waals surface area contributed by atoms with Crippen molar-refractivity contribution in [2.45, 2.75) is 32.7 Å². The van der Waals surface area contributed by atoms with E-state index in [2.05, 4.69) is 60.0 Å². The maximum Gasteiger partial charge on any atom is 0.272 e. The summed E-state index contributed by atoms with van der Waals surface area (Å²) in [6, 6.07) is 12.3. The number of nitrogens with one attached hydrogen (secondary N) is 2. The van der Waals surface area contributed by atoms with Crippen LogP contribution in [0.3, 0.4) is 0 Å². The van der Waals surface area contributed by atoms with Gasteiger partial charge in [-0.3, -0.25) is 9.69 Å². The molecule has 188 valence electrons. The normalized spacial score (nSPS) is 14.8. The Bertz CT molecular complexity index is 1210. The molecule has 2 aromatic carbocycles. The van der Waals surface area contributed by atoms with Gasteiger partial charge in [-0.05, 0) is 34.7 Å². The van der Waals surface area contributed by atoms with Crippen molar-refractivity contribution in [2.24, 2.45) is 7.05 Å². The number of aromatic nitrogens is 1. The maximum absolute atomic E-state index is 13.6. The smallest absolute Gasteiger partial charge is 0.272 e. The average Bonchev–Trinajstić information content (AvgIpc) is 3.17. The third kappa shape index (κ3) is 5.44. The number of morpholine rings is 1. The number of aryl methyl sites for hydroxylation is 1. The fourth-order valence-electron chi connectivity index (χ4n) is 4.59. The van der Waals surface area contributed by atoms with Crippen LogP contribution < -0.4 is 14.8 Å². The summed E-state index contributed by atoms with van der Waals surface area (Å²) < 4.78 is 16.5. The van der Waals surface area contributed by atoms with Crippen molar-refractivity contribution in [1.29, 1.82) is 0 Å². The molecule has 1 aromatic heterocycles. The molecule has 1 fully saturated rings. The van der Waals surface area contributed by atoms with E-state index in [4.69, 9.17) is 9.47 Å². The van der Waals surface area contributed by atoms with Gasteiger partial charge in [0.05, 0.1) is 37.2 Å². The Morgan fingerprint density at radius 1 is 1.14 bits per heavy atom. The first-order chi connectivity index (χ1) is 16.7. The van der Waals surface area contributed by atoms with Gasteiger partial charge in [0.1, 0.15) is 5.69 Å². The molecular formula is C27H36N4O3S. The molecule has 1 amide bonds. The quantitative estimate of drug-likeness (QED) is 0.435. The first-order valence-corrected chi connectivity index (χ1v) is 13.2. The van der Waals surface area contributed by atoms with Crippen LogP contribution >= 0.6 is 11.9 Å². The van der Waals surface area contributed by atoms with Gasteiger partial charge in [0.15, 0.2) is 5.75 Å². The van der Waals surface area contributed by atoms with E-state index in [-0.39, 0.29) is 11.3 Å². The molecule has 1 saturated heterocycles. The molecular weight excluding hydrogens is 460 g/mol. The van der Waals surface area contributed by atoms with Gasteiger partial charge in [0, 0.05) is 38.3 Å². The standard InChI is InChI=1S/C27H36N4O3S/c1-27(2,3)20-15-21(25(33-5)22(16-20)29-35-6)28-26(32)23-14-18-8-7-9-19(24(18)30(23)4)17-31-10-12-34-13-11-31/h7-9,14-16,29H,10-13,17H2,1-6H3,(H,28,32). The highest BCUT2D eigenvalue weighted by atomic mass is 32.2. The molecule has 0 unspecified atom stereocenters. The van der Waals surface area contributed by atoms with E-state index < -0.39 is 0 Å².